The van der Waals surface area contributed by atoms with Gasteiger partial charge in [0, 0.05) is 12.7 Å². The van der Waals surface area contributed by atoms with E-state index < -0.39 is 12.0 Å². The van der Waals surface area contributed by atoms with Gasteiger partial charge in [0.15, 0.2) is 0 Å². The topological polar surface area (TPSA) is 71.3 Å². The normalized spacial score (nSPS) is 11.9. The molecule has 1 aromatic carbocycles. The minimum atomic E-state index is -0.952. The summed E-state index contributed by atoms with van der Waals surface area (Å²) in [5, 5.41) is 11.8. The maximum Gasteiger partial charge on any atom is 0.305 e. The lowest BCUT2D eigenvalue weighted by atomic mass is 10.0. The number of aromatic nitrogens is 1. The zero-order valence-corrected chi connectivity index (χ0v) is 12.0. The number of rotatable bonds is 5. The summed E-state index contributed by atoms with van der Waals surface area (Å²) in [6, 6.07) is 12.1. The number of amides is 1. The average molecular weight is 286 g/mol. The van der Waals surface area contributed by atoms with Gasteiger partial charge in [0.05, 0.1) is 12.5 Å². The Morgan fingerprint density at radius 3 is 2.38 bits per heavy atom. The number of hydrogen-bond acceptors (Lipinski definition) is 2. The van der Waals surface area contributed by atoms with Gasteiger partial charge >= 0.3 is 5.97 Å². The number of hydrogen-bond donors (Lipinski definition) is 2. The maximum atomic E-state index is 12.3. The Morgan fingerprint density at radius 1 is 1.19 bits per heavy atom. The highest BCUT2D eigenvalue weighted by Gasteiger charge is 2.20. The van der Waals surface area contributed by atoms with Gasteiger partial charge in [-0.25, -0.2) is 0 Å². The van der Waals surface area contributed by atoms with Crippen molar-refractivity contribution in [2.24, 2.45) is 7.05 Å². The van der Waals surface area contributed by atoms with Gasteiger partial charge in [0.25, 0.3) is 5.91 Å². The summed E-state index contributed by atoms with van der Waals surface area (Å²) >= 11 is 0. The number of carboxylic acid groups (broad SMARTS) is 1. The lowest BCUT2D eigenvalue weighted by Crippen LogP contribution is -2.31. The van der Waals surface area contributed by atoms with Crippen molar-refractivity contribution < 1.29 is 14.7 Å². The van der Waals surface area contributed by atoms with E-state index in [1.54, 1.807) is 17.7 Å². The van der Waals surface area contributed by atoms with Gasteiger partial charge in [0.2, 0.25) is 0 Å². The van der Waals surface area contributed by atoms with Crippen molar-refractivity contribution in [1.29, 1.82) is 0 Å². The molecule has 110 valence electrons. The largest absolute Gasteiger partial charge is 0.481 e. The van der Waals surface area contributed by atoms with E-state index in [0.717, 1.165) is 11.3 Å². The molecule has 2 N–H and O–H groups in total. The van der Waals surface area contributed by atoms with Crippen molar-refractivity contribution in [3.63, 3.8) is 0 Å². The maximum absolute atomic E-state index is 12.3. The monoisotopic (exact) mass is 286 g/mol. The lowest BCUT2D eigenvalue weighted by molar-refractivity contribution is -0.137. The number of carboxylic acids is 1. The summed E-state index contributed by atoms with van der Waals surface area (Å²) in [4.78, 5) is 23.3. The Labute approximate surface area is 123 Å². The molecule has 1 atom stereocenters. The molecular weight excluding hydrogens is 268 g/mol. The van der Waals surface area contributed by atoms with E-state index in [-0.39, 0.29) is 12.3 Å². The summed E-state index contributed by atoms with van der Waals surface area (Å²) in [6.45, 7) is 1.91. The van der Waals surface area contributed by atoms with Gasteiger partial charge in [-0.1, -0.05) is 30.3 Å². The van der Waals surface area contributed by atoms with E-state index in [4.69, 9.17) is 5.11 Å². The number of nitrogens with zero attached hydrogens (tertiary/aromatic N) is 1. The molecule has 2 aromatic rings. The third kappa shape index (κ3) is 3.51. The van der Waals surface area contributed by atoms with Crippen LogP contribution < -0.4 is 5.32 Å². The van der Waals surface area contributed by atoms with Crippen LogP contribution >= 0.6 is 0 Å². The molecule has 5 nitrogen and oxygen atoms in total. The Kier molecular flexibility index (Phi) is 4.42. The molecule has 0 aliphatic carbocycles. The molecule has 0 unspecified atom stereocenters. The summed E-state index contributed by atoms with van der Waals surface area (Å²) in [5.74, 6) is -1.23. The highest BCUT2D eigenvalue weighted by molar-refractivity contribution is 5.93. The first kappa shape index (κ1) is 14.8. The summed E-state index contributed by atoms with van der Waals surface area (Å²) in [7, 11) is 1.80. The zero-order chi connectivity index (χ0) is 15.4. The summed E-state index contributed by atoms with van der Waals surface area (Å²) in [6.07, 6.45) is -0.154. The highest BCUT2D eigenvalue weighted by Crippen LogP contribution is 2.17. The van der Waals surface area contributed by atoms with E-state index in [9.17, 15) is 9.59 Å². The second-order valence-electron chi connectivity index (χ2n) is 4.95. The fraction of sp³-hybridized carbons (Fsp3) is 0.250. The van der Waals surface area contributed by atoms with Crippen LogP contribution in [0.25, 0.3) is 0 Å². The van der Waals surface area contributed by atoms with E-state index in [2.05, 4.69) is 5.32 Å². The highest BCUT2D eigenvalue weighted by atomic mass is 16.4. The van der Waals surface area contributed by atoms with Gasteiger partial charge in [0.1, 0.15) is 5.69 Å². The first-order chi connectivity index (χ1) is 9.99. The number of carbonyl (C=O) groups excluding carboxylic acids is 1. The third-order valence-corrected chi connectivity index (χ3v) is 3.49. The second-order valence-corrected chi connectivity index (χ2v) is 4.95. The first-order valence-electron chi connectivity index (χ1n) is 6.69. The van der Waals surface area contributed by atoms with Crippen LogP contribution in [0.1, 0.15) is 34.2 Å². The van der Waals surface area contributed by atoms with Crippen LogP contribution in [0.4, 0.5) is 0 Å². The summed E-state index contributed by atoms with van der Waals surface area (Å²) in [5.41, 5.74) is 2.26. The predicted octanol–water partition coefficient (Wildman–Crippen LogP) is 2.28. The zero-order valence-electron chi connectivity index (χ0n) is 12.0. The van der Waals surface area contributed by atoms with E-state index in [1.807, 2.05) is 43.3 Å². The van der Waals surface area contributed by atoms with Gasteiger partial charge in [-0.2, -0.15) is 0 Å². The first-order valence-corrected chi connectivity index (χ1v) is 6.69. The quantitative estimate of drug-likeness (QED) is 0.885. The van der Waals surface area contributed by atoms with Crippen LogP contribution in [-0.4, -0.2) is 21.6 Å². The van der Waals surface area contributed by atoms with E-state index in [1.165, 1.54) is 0 Å². The molecule has 21 heavy (non-hydrogen) atoms. The standard InChI is InChI=1S/C16H18N2O3/c1-11-8-9-14(18(11)2)16(21)17-13(10-15(19)20)12-6-4-3-5-7-12/h3-9,13H,10H2,1-2H3,(H,17,21)(H,19,20)/t13-/m1/s1. The van der Waals surface area contributed by atoms with Gasteiger partial charge in [-0.3, -0.25) is 9.59 Å². The molecule has 0 saturated carbocycles. The average Bonchev–Trinajstić information content (AvgIpc) is 2.79. The molecule has 0 aliphatic rings. The Morgan fingerprint density at radius 2 is 1.86 bits per heavy atom. The van der Waals surface area contributed by atoms with Crippen LogP contribution in [0, 0.1) is 6.92 Å². The number of aryl methyl sites for hydroxylation is 1. The fourth-order valence-electron chi connectivity index (χ4n) is 2.19. The molecule has 1 heterocycles. The molecular formula is C16H18N2O3. The number of nitrogens with one attached hydrogen (secondary N) is 1. The SMILES string of the molecule is Cc1ccc(C(=O)N[C@H](CC(=O)O)c2ccccc2)n1C. The van der Waals surface area contributed by atoms with Gasteiger partial charge < -0.3 is 15.0 Å². The molecule has 5 heteroatoms. The molecule has 1 amide bonds. The van der Waals surface area contributed by atoms with Crippen LogP contribution in [0.2, 0.25) is 0 Å². The van der Waals surface area contributed by atoms with Crippen molar-refractivity contribution in [2.75, 3.05) is 0 Å². The molecule has 0 bridgehead atoms. The van der Waals surface area contributed by atoms with Crippen molar-refractivity contribution in [3.05, 3.63) is 59.4 Å². The smallest absolute Gasteiger partial charge is 0.305 e. The van der Waals surface area contributed by atoms with Crippen LogP contribution in [-0.2, 0) is 11.8 Å². The molecule has 0 aliphatic heterocycles. The summed E-state index contributed by atoms with van der Waals surface area (Å²) < 4.78 is 1.78. The molecule has 0 fully saturated rings. The predicted molar refractivity (Wildman–Crippen MR) is 79.1 cm³/mol. The molecule has 1 aromatic heterocycles. The van der Waals surface area contributed by atoms with Crippen molar-refractivity contribution in [3.8, 4) is 0 Å². The number of aliphatic carboxylic acids is 1. The Balaban J connectivity index is 2.21. The molecule has 0 radical (unpaired) electrons. The van der Waals surface area contributed by atoms with E-state index >= 15 is 0 Å². The van der Waals surface area contributed by atoms with Crippen LogP contribution in [0.5, 0.6) is 0 Å². The molecule has 2 rings (SSSR count). The van der Waals surface area contributed by atoms with Crippen molar-refractivity contribution >= 4 is 11.9 Å². The van der Waals surface area contributed by atoms with Crippen molar-refractivity contribution in [1.82, 2.24) is 9.88 Å². The number of carbonyl (C=O) groups is 2. The third-order valence-electron chi connectivity index (χ3n) is 3.49. The molecule has 0 spiro atoms. The Bertz CT molecular complexity index is 647. The minimum absolute atomic E-state index is 0.154. The lowest BCUT2D eigenvalue weighted by Gasteiger charge is -2.17. The van der Waals surface area contributed by atoms with Crippen LogP contribution in [0.15, 0.2) is 42.5 Å². The molecule has 0 saturated heterocycles. The second kappa shape index (κ2) is 6.26. The minimum Gasteiger partial charge on any atom is -0.481 e. The van der Waals surface area contributed by atoms with Crippen molar-refractivity contribution in [2.45, 2.75) is 19.4 Å². The van der Waals surface area contributed by atoms with Crippen LogP contribution in [0.3, 0.4) is 0 Å². The van der Waals surface area contributed by atoms with Gasteiger partial charge in [-0.15, -0.1) is 0 Å². The van der Waals surface area contributed by atoms with Gasteiger partial charge in [-0.05, 0) is 24.6 Å². The number of benzene rings is 1. The van der Waals surface area contributed by atoms with E-state index in [0.29, 0.717) is 5.69 Å². The fourth-order valence-corrected chi connectivity index (χ4v) is 2.19. The Hall–Kier alpha value is -2.56.